The van der Waals surface area contributed by atoms with Gasteiger partial charge in [-0.1, -0.05) is 13.8 Å². The largest absolute Gasteiger partial charge is 0.348 e. The van der Waals surface area contributed by atoms with Gasteiger partial charge in [0.15, 0.2) is 5.13 Å². The van der Waals surface area contributed by atoms with Gasteiger partial charge in [-0.15, -0.1) is 11.3 Å². The summed E-state index contributed by atoms with van der Waals surface area (Å²) in [6, 6.07) is 0. The first-order valence-corrected chi connectivity index (χ1v) is 7.43. The SMILES string of the molecule is CNCc1sc(N2CCCCC2)nc1C(C)C. The normalized spacial score (nSPS) is 16.8. The van der Waals surface area contributed by atoms with Crippen molar-refractivity contribution in [2.45, 2.75) is 45.6 Å². The van der Waals surface area contributed by atoms with Crippen LogP contribution >= 0.6 is 11.3 Å². The van der Waals surface area contributed by atoms with E-state index in [2.05, 4.69) is 24.1 Å². The zero-order valence-electron chi connectivity index (χ0n) is 11.1. The minimum Gasteiger partial charge on any atom is -0.348 e. The average molecular weight is 253 g/mol. The minimum absolute atomic E-state index is 0.521. The van der Waals surface area contributed by atoms with Crippen LogP contribution in [0.3, 0.4) is 0 Å². The predicted octanol–water partition coefficient (Wildman–Crippen LogP) is 2.98. The van der Waals surface area contributed by atoms with Gasteiger partial charge in [-0.2, -0.15) is 0 Å². The molecule has 2 heterocycles. The first kappa shape index (κ1) is 12.8. The molecule has 0 aromatic carbocycles. The maximum Gasteiger partial charge on any atom is 0.185 e. The molecule has 1 aromatic rings. The second kappa shape index (κ2) is 5.83. The zero-order chi connectivity index (χ0) is 12.3. The van der Waals surface area contributed by atoms with E-state index in [9.17, 15) is 0 Å². The van der Waals surface area contributed by atoms with Crippen molar-refractivity contribution in [3.05, 3.63) is 10.6 Å². The molecular weight excluding hydrogens is 230 g/mol. The number of rotatable bonds is 4. The number of nitrogens with zero attached hydrogens (tertiary/aromatic N) is 2. The number of aromatic nitrogens is 1. The Morgan fingerprint density at radius 1 is 1.29 bits per heavy atom. The molecule has 0 aliphatic carbocycles. The van der Waals surface area contributed by atoms with Crippen LogP contribution in [0.4, 0.5) is 5.13 Å². The molecule has 0 atom stereocenters. The highest BCUT2D eigenvalue weighted by Gasteiger charge is 2.19. The van der Waals surface area contributed by atoms with Crippen molar-refractivity contribution in [2.24, 2.45) is 0 Å². The average Bonchev–Trinajstić information content (AvgIpc) is 2.75. The molecule has 0 saturated carbocycles. The summed E-state index contributed by atoms with van der Waals surface area (Å²) in [6.07, 6.45) is 4.01. The lowest BCUT2D eigenvalue weighted by Crippen LogP contribution is -2.29. The Bertz CT molecular complexity index is 354. The maximum absolute atomic E-state index is 4.86. The third kappa shape index (κ3) is 2.99. The molecule has 1 N–H and O–H groups in total. The van der Waals surface area contributed by atoms with Gasteiger partial charge >= 0.3 is 0 Å². The van der Waals surface area contributed by atoms with E-state index in [0.29, 0.717) is 5.92 Å². The highest BCUT2D eigenvalue weighted by atomic mass is 32.1. The summed E-state index contributed by atoms with van der Waals surface area (Å²) in [6.45, 7) is 7.77. The molecule has 0 spiro atoms. The first-order valence-electron chi connectivity index (χ1n) is 6.61. The van der Waals surface area contributed by atoms with E-state index in [1.54, 1.807) is 0 Å². The van der Waals surface area contributed by atoms with Crippen molar-refractivity contribution in [1.82, 2.24) is 10.3 Å². The van der Waals surface area contributed by atoms with Crippen LogP contribution in [0.15, 0.2) is 0 Å². The molecule has 1 fully saturated rings. The molecule has 0 unspecified atom stereocenters. The van der Waals surface area contributed by atoms with Gasteiger partial charge in [-0.25, -0.2) is 4.98 Å². The fraction of sp³-hybridized carbons (Fsp3) is 0.769. The number of thiazole rings is 1. The molecule has 1 saturated heterocycles. The van der Waals surface area contributed by atoms with Gasteiger partial charge in [0.25, 0.3) is 0 Å². The van der Waals surface area contributed by atoms with E-state index >= 15 is 0 Å². The Morgan fingerprint density at radius 3 is 2.59 bits per heavy atom. The van der Waals surface area contributed by atoms with Gasteiger partial charge in [-0.05, 0) is 32.2 Å². The van der Waals surface area contributed by atoms with E-state index < -0.39 is 0 Å². The summed E-state index contributed by atoms with van der Waals surface area (Å²) < 4.78 is 0. The lowest BCUT2D eigenvalue weighted by Gasteiger charge is -2.25. The predicted molar refractivity (Wildman–Crippen MR) is 75.0 cm³/mol. The summed E-state index contributed by atoms with van der Waals surface area (Å²) >= 11 is 1.87. The Morgan fingerprint density at radius 2 is 2.00 bits per heavy atom. The topological polar surface area (TPSA) is 28.2 Å². The van der Waals surface area contributed by atoms with Crippen molar-refractivity contribution < 1.29 is 0 Å². The van der Waals surface area contributed by atoms with Crippen molar-refractivity contribution >= 4 is 16.5 Å². The van der Waals surface area contributed by atoms with Crippen molar-refractivity contribution in [3.8, 4) is 0 Å². The second-order valence-corrected chi connectivity index (χ2v) is 6.10. The Balaban J connectivity index is 2.19. The van der Waals surface area contributed by atoms with Crippen molar-refractivity contribution in [3.63, 3.8) is 0 Å². The number of piperidine rings is 1. The molecule has 3 nitrogen and oxygen atoms in total. The van der Waals surface area contributed by atoms with Crippen LogP contribution in [0.25, 0.3) is 0 Å². The van der Waals surface area contributed by atoms with Gasteiger partial charge in [0, 0.05) is 24.5 Å². The summed E-state index contributed by atoms with van der Waals surface area (Å²) in [4.78, 5) is 8.72. The van der Waals surface area contributed by atoms with E-state index in [0.717, 1.165) is 6.54 Å². The van der Waals surface area contributed by atoms with Crippen LogP contribution in [0.1, 0.15) is 49.6 Å². The Labute approximate surface area is 108 Å². The van der Waals surface area contributed by atoms with Gasteiger partial charge < -0.3 is 10.2 Å². The van der Waals surface area contributed by atoms with Crippen molar-refractivity contribution in [2.75, 3.05) is 25.0 Å². The third-order valence-corrected chi connectivity index (χ3v) is 4.36. The summed E-state index contributed by atoms with van der Waals surface area (Å²) in [5, 5.41) is 4.48. The Hall–Kier alpha value is -0.610. The van der Waals surface area contributed by atoms with Crippen LogP contribution in [-0.4, -0.2) is 25.1 Å². The molecule has 4 heteroatoms. The number of nitrogens with one attached hydrogen (secondary N) is 1. The maximum atomic E-state index is 4.86. The summed E-state index contributed by atoms with van der Waals surface area (Å²) in [5.41, 5.74) is 1.28. The molecule has 0 radical (unpaired) electrons. The number of hydrogen-bond acceptors (Lipinski definition) is 4. The molecule has 0 bridgehead atoms. The van der Waals surface area contributed by atoms with E-state index in [-0.39, 0.29) is 0 Å². The second-order valence-electron chi connectivity index (χ2n) is 5.04. The van der Waals surface area contributed by atoms with Crippen LogP contribution in [-0.2, 0) is 6.54 Å². The minimum atomic E-state index is 0.521. The lowest BCUT2D eigenvalue weighted by molar-refractivity contribution is 0.576. The summed E-state index contributed by atoms with van der Waals surface area (Å²) in [7, 11) is 2.00. The Kier molecular flexibility index (Phi) is 4.40. The quantitative estimate of drug-likeness (QED) is 0.894. The molecule has 96 valence electrons. The van der Waals surface area contributed by atoms with Crippen LogP contribution < -0.4 is 10.2 Å². The lowest BCUT2D eigenvalue weighted by atomic mass is 10.1. The van der Waals surface area contributed by atoms with Crippen LogP contribution in [0.2, 0.25) is 0 Å². The van der Waals surface area contributed by atoms with E-state index in [4.69, 9.17) is 4.98 Å². The fourth-order valence-electron chi connectivity index (χ4n) is 2.31. The van der Waals surface area contributed by atoms with Gasteiger partial charge in [-0.3, -0.25) is 0 Å². The smallest absolute Gasteiger partial charge is 0.185 e. The van der Waals surface area contributed by atoms with Crippen molar-refractivity contribution in [1.29, 1.82) is 0 Å². The third-order valence-electron chi connectivity index (χ3n) is 3.23. The highest BCUT2D eigenvalue weighted by Crippen LogP contribution is 2.32. The number of anilines is 1. The molecule has 2 rings (SSSR count). The van der Waals surface area contributed by atoms with Gasteiger partial charge in [0.05, 0.1) is 5.69 Å². The molecule has 1 aliphatic rings. The zero-order valence-corrected chi connectivity index (χ0v) is 11.9. The number of hydrogen-bond donors (Lipinski definition) is 1. The highest BCUT2D eigenvalue weighted by molar-refractivity contribution is 7.15. The van der Waals surface area contributed by atoms with Gasteiger partial charge in [0.1, 0.15) is 0 Å². The first-order chi connectivity index (χ1) is 8.22. The van der Waals surface area contributed by atoms with Crippen LogP contribution in [0.5, 0.6) is 0 Å². The van der Waals surface area contributed by atoms with E-state index in [1.807, 2.05) is 18.4 Å². The fourth-order valence-corrected chi connectivity index (χ4v) is 3.59. The molecule has 1 aromatic heterocycles. The van der Waals surface area contributed by atoms with Gasteiger partial charge in [0.2, 0.25) is 0 Å². The molecule has 0 amide bonds. The van der Waals surface area contributed by atoms with E-state index in [1.165, 1.54) is 48.1 Å². The standard InChI is InChI=1S/C13H23N3S/c1-10(2)12-11(9-14-3)17-13(15-12)16-7-5-4-6-8-16/h10,14H,4-9H2,1-3H3. The molecular formula is C13H23N3S. The monoisotopic (exact) mass is 253 g/mol. The van der Waals surface area contributed by atoms with Crippen LogP contribution in [0, 0.1) is 0 Å². The molecule has 17 heavy (non-hydrogen) atoms. The molecule has 1 aliphatic heterocycles. The summed E-state index contributed by atoms with van der Waals surface area (Å²) in [5.74, 6) is 0.521.